The molecule has 0 radical (unpaired) electrons. The van der Waals surface area contributed by atoms with Crippen molar-refractivity contribution in [2.75, 3.05) is 0 Å². The molecule has 2 rings (SSSR count). The third-order valence-corrected chi connectivity index (χ3v) is 6.12. The Morgan fingerprint density at radius 2 is 1.48 bits per heavy atom. The van der Waals surface area contributed by atoms with Gasteiger partial charge >= 0.3 is 0 Å². The third kappa shape index (κ3) is 7.27. The van der Waals surface area contributed by atoms with Crippen LogP contribution in [0.4, 0.5) is 0 Å². The van der Waals surface area contributed by atoms with Gasteiger partial charge in [-0.25, -0.2) is 0 Å². The molecule has 1 aromatic rings. The molecular formula is C24H40O3. The number of unbranched alkanes of at least 4 members (excludes halogenated alkanes) is 4. The summed E-state index contributed by atoms with van der Waals surface area (Å²) in [5, 5.41) is 31.0. The highest BCUT2D eigenvalue weighted by Gasteiger charge is 2.35. The minimum atomic E-state index is -0.119. The number of aromatic hydroxyl groups is 3. The summed E-state index contributed by atoms with van der Waals surface area (Å²) in [7, 11) is 0. The van der Waals surface area contributed by atoms with Gasteiger partial charge in [0.1, 0.15) is 5.75 Å². The number of hydrogen-bond acceptors (Lipinski definition) is 3. The molecule has 0 spiro atoms. The van der Waals surface area contributed by atoms with Gasteiger partial charge in [0.25, 0.3) is 0 Å². The molecule has 27 heavy (non-hydrogen) atoms. The van der Waals surface area contributed by atoms with E-state index in [0.717, 1.165) is 32.1 Å². The largest absolute Gasteiger partial charge is 0.508 e. The molecule has 0 bridgehead atoms. The fourth-order valence-electron chi connectivity index (χ4n) is 3.82. The summed E-state index contributed by atoms with van der Waals surface area (Å²) in [6.07, 6.45) is 13.0. The van der Waals surface area contributed by atoms with Gasteiger partial charge in [0.05, 0.1) is 0 Å². The van der Waals surface area contributed by atoms with Gasteiger partial charge in [0.2, 0.25) is 0 Å². The maximum atomic E-state index is 10.4. The average Bonchev–Trinajstić information content (AvgIpc) is 3.30. The quantitative estimate of drug-likeness (QED) is 0.225. The number of phenolic OH excluding ortho intramolecular Hbond substituents is 3. The van der Waals surface area contributed by atoms with Crippen LogP contribution in [0.3, 0.4) is 0 Å². The Morgan fingerprint density at radius 1 is 0.852 bits per heavy atom. The molecule has 3 N–H and O–H groups in total. The van der Waals surface area contributed by atoms with Gasteiger partial charge in [-0.3, -0.25) is 0 Å². The van der Waals surface area contributed by atoms with Gasteiger partial charge in [-0.1, -0.05) is 53.4 Å². The standard InChI is InChI=1S/C24H40O3/c1-23(2,3)13-9-6-8-12-19-20(25)17-18(21(26)22(19)27)11-7-5-10-14-24(4)15-16-24/h17,25-27H,5-16H2,1-4H3. The molecule has 0 amide bonds. The summed E-state index contributed by atoms with van der Waals surface area (Å²) in [6, 6.07) is 1.65. The fourth-order valence-corrected chi connectivity index (χ4v) is 3.82. The Morgan fingerprint density at radius 3 is 2.11 bits per heavy atom. The molecule has 0 saturated heterocycles. The molecule has 1 aromatic carbocycles. The fraction of sp³-hybridized carbons (Fsp3) is 0.750. The van der Waals surface area contributed by atoms with Crippen LogP contribution >= 0.6 is 0 Å². The van der Waals surface area contributed by atoms with E-state index in [1.807, 2.05) is 0 Å². The molecule has 1 saturated carbocycles. The van der Waals surface area contributed by atoms with E-state index in [1.54, 1.807) is 6.07 Å². The second-order valence-electron chi connectivity index (χ2n) is 10.2. The smallest absolute Gasteiger partial charge is 0.164 e. The third-order valence-electron chi connectivity index (χ3n) is 6.12. The van der Waals surface area contributed by atoms with Crippen molar-refractivity contribution in [3.8, 4) is 17.2 Å². The van der Waals surface area contributed by atoms with E-state index in [9.17, 15) is 15.3 Å². The molecule has 0 aliphatic heterocycles. The predicted molar refractivity (Wildman–Crippen MR) is 113 cm³/mol. The van der Waals surface area contributed by atoms with E-state index in [1.165, 1.54) is 32.1 Å². The zero-order chi connectivity index (χ0) is 20.1. The lowest BCUT2D eigenvalue weighted by atomic mass is 9.89. The van der Waals surface area contributed by atoms with Gasteiger partial charge in [-0.15, -0.1) is 0 Å². The normalized spacial score (nSPS) is 15.9. The van der Waals surface area contributed by atoms with Crippen molar-refractivity contribution in [3.05, 3.63) is 17.2 Å². The predicted octanol–water partition coefficient (Wildman–Crippen LogP) is 6.86. The van der Waals surface area contributed by atoms with Crippen LogP contribution in [0, 0.1) is 10.8 Å². The SMILES string of the molecule is CC(C)(C)CCCCCc1c(O)cc(CCCCCC2(C)CC2)c(O)c1O. The van der Waals surface area contributed by atoms with Crippen molar-refractivity contribution in [1.82, 2.24) is 0 Å². The Labute approximate surface area is 165 Å². The number of hydrogen-bond donors (Lipinski definition) is 3. The molecule has 0 atom stereocenters. The molecule has 0 aromatic heterocycles. The molecule has 1 aliphatic carbocycles. The Balaban J connectivity index is 1.79. The first-order chi connectivity index (χ1) is 12.6. The summed E-state index contributed by atoms with van der Waals surface area (Å²) in [5.74, 6) is -0.0282. The van der Waals surface area contributed by atoms with Gasteiger partial charge in [-0.2, -0.15) is 0 Å². The van der Waals surface area contributed by atoms with Crippen LogP contribution in [0.2, 0.25) is 0 Å². The Bertz CT molecular complexity index is 609. The lowest BCUT2D eigenvalue weighted by molar-refractivity contribution is 0.356. The van der Waals surface area contributed by atoms with Crippen LogP contribution in [0.15, 0.2) is 6.07 Å². The monoisotopic (exact) mass is 376 g/mol. The highest BCUT2D eigenvalue weighted by molar-refractivity contribution is 5.56. The molecule has 154 valence electrons. The maximum absolute atomic E-state index is 10.4. The van der Waals surface area contributed by atoms with Crippen molar-refractivity contribution >= 4 is 0 Å². The summed E-state index contributed by atoms with van der Waals surface area (Å²) < 4.78 is 0. The minimum absolute atomic E-state index is 0.0355. The molecular weight excluding hydrogens is 336 g/mol. The van der Waals surface area contributed by atoms with Crippen molar-refractivity contribution in [2.24, 2.45) is 10.8 Å². The number of benzene rings is 1. The van der Waals surface area contributed by atoms with Gasteiger partial charge in [0, 0.05) is 11.1 Å². The average molecular weight is 377 g/mol. The van der Waals surface area contributed by atoms with E-state index >= 15 is 0 Å². The number of rotatable bonds is 11. The lowest BCUT2D eigenvalue weighted by Crippen LogP contribution is -2.04. The highest BCUT2D eigenvalue weighted by atomic mass is 16.3. The van der Waals surface area contributed by atoms with Gasteiger partial charge in [0.15, 0.2) is 11.5 Å². The molecule has 3 nitrogen and oxygen atoms in total. The van der Waals surface area contributed by atoms with E-state index < -0.39 is 0 Å². The Hall–Kier alpha value is -1.38. The van der Waals surface area contributed by atoms with Crippen LogP contribution in [0.5, 0.6) is 17.2 Å². The second kappa shape index (κ2) is 9.21. The van der Waals surface area contributed by atoms with Crippen LogP contribution in [0.25, 0.3) is 0 Å². The van der Waals surface area contributed by atoms with Crippen molar-refractivity contribution < 1.29 is 15.3 Å². The highest BCUT2D eigenvalue weighted by Crippen LogP contribution is 2.49. The Kier molecular flexibility index (Phi) is 7.47. The van der Waals surface area contributed by atoms with Gasteiger partial charge < -0.3 is 15.3 Å². The second-order valence-corrected chi connectivity index (χ2v) is 10.2. The first-order valence-electron chi connectivity index (χ1n) is 10.9. The molecule has 0 unspecified atom stereocenters. The zero-order valence-corrected chi connectivity index (χ0v) is 17.9. The van der Waals surface area contributed by atoms with Crippen molar-refractivity contribution in [2.45, 2.75) is 105 Å². The van der Waals surface area contributed by atoms with Gasteiger partial charge in [-0.05, 0) is 68.3 Å². The summed E-state index contributed by atoms with van der Waals surface area (Å²) in [4.78, 5) is 0. The van der Waals surface area contributed by atoms with Crippen LogP contribution in [0.1, 0.15) is 103 Å². The summed E-state index contributed by atoms with van der Waals surface area (Å²) in [5.41, 5.74) is 2.11. The maximum Gasteiger partial charge on any atom is 0.164 e. The van der Waals surface area contributed by atoms with Crippen molar-refractivity contribution in [1.29, 1.82) is 0 Å². The first kappa shape index (κ1) is 21.9. The number of phenols is 3. The van der Waals surface area contributed by atoms with Crippen LogP contribution in [-0.4, -0.2) is 15.3 Å². The number of aryl methyl sites for hydroxylation is 1. The van der Waals surface area contributed by atoms with Crippen LogP contribution < -0.4 is 0 Å². The van der Waals surface area contributed by atoms with Crippen LogP contribution in [-0.2, 0) is 12.8 Å². The van der Waals surface area contributed by atoms with E-state index in [0.29, 0.717) is 34.8 Å². The molecule has 1 fully saturated rings. The first-order valence-corrected chi connectivity index (χ1v) is 10.9. The molecule has 0 heterocycles. The van der Waals surface area contributed by atoms with Crippen molar-refractivity contribution in [3.63, 3.8) is 0 Å². The van der Waals surface area contributed by atoms with E-state index in [4.69, 9.17) is 0 Å². The molecule has 1 aliphatic rings. The summed E-state index contributed by atoms with van der Waals surface area (Å²) >= 11 is 0. The zero-order valence-electron chi connectivity index (χ0n) is 17.9. The lowest BCUT2D eigenvalue weighted by Gasteiger charge is -2.17. The summed E-state index contributed by atoms with van der Waals surface area (Å²) in [6.45, 7) is 9.09. The molecule has 3 heteroatoms. The van der Waals surface area contributed by atoms with E-state index in [-0.39, 0.29) is 17.2 Å². The topological polar surface area (TPSA) is 60.7 Å². The minimum Gasteiger partial charge on any atom is -0.508 e. The van der Waals surface area contributed by atoms with E-state index in [2.05, 4.69) is 27.7 Å².